The number of thiazole rings is 1. The van der Waals surface area contributed by atoms with Crippen molar-refractivity contribution in [1.82, 2.24) is 10.1 Å². The van der Waals surface area contributed by atoms with Crippen LogP contribution in [0.1, 0.15) is 26.6 Å². The lowest BCUT2D eigenvalue weighted by Crippen LogP contribution is -2.14. The van der Waals surface area contributed by atoms with E-state index in [0.29, 0.717) is 27.5 Å². The van der Waals surface area contributed by atoms with Crippen LogP contribution >= 0.6 is 11.3 Å². The Kier molecular flexibility index (Phi) is 5.81. The largest absolute Gasteiger partial charge is 0.337 e. The maximum Gasteiger partial charge on any atom is 0.267 e. The maximum absolute atomic E-state index is 12.8. The third kappa shape index (κ3) is 4.41. The molecule has 2 heterocycles. The molecule has 2 aromatic carbocycles. The standard InChI is InChI=1S/C22H20N4O4S2/c1-13-14(2)25-30-21(13)26-32(28,29)18-11-9-17(10-12-18)24-20(27)19-15(3)23-22(31-19)16-7-5-4-6-8-16/h4-12,26H,1-3H3,(H,24,27). The van der Waals surface area contributed by atoms with Crippen LogP contribution in [-0.2, 0) is 10.0 Å². The SMILES string of the molecule is Cc1nc(-c2ccccc2)sc1C(=O)Nc1ccc(S(=O)(=O)Nc2onc(C)c2C)cc1. The zero-order valence-electron chi connectivity index (χ0n) is 17.5. The second-order valence-corrected chi connectivity index (χ2v) is 9.79. The minimum absolute atomic E-state index is 0.0317. The minimum Gasteiger partial charge on any atom is -0.337 e. The van der Waals surface area contributed by atoms with E-state index in [-0.39, 0.29) is 16.7 Å². The van der Waals surface area contributed by atoms with Gasteiger partial charge in [0, 0.05) is 16.8 Å². The first-order chi connectivity index (χ1) is 15.2. The van der Waals surface area contributed by atoms with Crippen LogP contribution in [0.5, 0.6) is 0 Å². The second kappa shape index (κ2) is 8.56. The van der Waals surface area contributed by atoms with Crippen molar-refractivity contribution >= 4 is 38.8 Å². The van der Waals surface area contributed by atoms with Gasteiger partial charge in [0.1, 0.15) is 9.88 Å². The maximum atomic E-state index is 12.8. The van der Waals surface area contributed by atoms with Crippen molar-refractivity contribution in [1.29, 1.82) is 0 Å². The Balaban J connectivity index is 1.49. The predicted molar refractivity (Wildman–Crippen MR) is 123 cm³/mol. The van der Waals surface area contributed by atoms with Crippen molar-refractivity contribution in [2.75, 3.05) is 10.0 Å². The van der Waals surface area contributed by atoms with E-state index in [2.05, 4.69) is 20.2 Å². The lowest BCUT2D eigenvalue weighted by molar-refractivity contribution is 0.103. The monoisotopic (exact) mass is 468 g/mol. The van der Waals surface area contributed by atoms with Crippen molar-refractivity contribution in [3.63, 3.8) is 0 Å². The summed E-state index contributed by atoms with van der Waals surface area (Å²) in [5.41, 5.74) is 3.27. The van der Waals surface area contributed by atoms with E-state index in [9.17, 15) is 13.2 Å². The molecule has 0 spiro atoms. The molecule has 0 aliphatic rings. The fourth-order valence-corrected chi connectivity index (χ4v) is 4.92. The number of sulfonamides is 1. The number of amides is 1. The highest BCUT2D eigenvalue weighted by Gasteiger charge is 2.20. The number of benzene rings is 2. The van der Waals surface area contributed by atoms with Gasteiger partial charge in [-0.15, -0.1) is 11.3 Å². The zero-order chi connectivity index (χ0) is 22.9. The fraction of sp³-hybridized carbons (Fsp3) is 0.136. The van der Waals surface area contributed by atoms with Gasteiger partial charge in [-0.1, -0.05) is 35.5 Å². The van der Waals surface area contributed by atoms with Crippen LogP contribution in [-0.4, -0.2) is 24.5 Å². The summed E-state index contributed by atoms with van der Waals surface area (Å²) in [5.74, 6) is -0.224. The van der Waals surface area contributed by atoms with Crippen LogP contribution in [0.25, 0.3) is 10.6 Å². The molecule has 164 valence electrons. The molecule has 8 nitrogen and oxygen atoms in total. The van der Waals surface area contributed by atoms with Gasteiger partial charge in [-0.3, -0.25) is 4.79 Å². The molecule has 4 aromatic rings. The summed E-state index contributed by atoms with van der Waals surface area (Å²) in [7, 11) is -3.86. The smallest absolute Gasteiger partial charge is 0.267 e. The summed E-state index contributed by atoms with van der Waals surface area (Å²) in [5, 5.41) is 7.30. The van der Waals surface area contributed by atoms with Gasteiger partial charge in [-0.2, -0.15) is 0 Å². The minimum atomic E-state index is -3.86. The average molecular weight is 469 g/mol. The molecule has 0 saturated carbocycles. The van der Waals surface area contributed by atoms with Crippen molar-refractivity contribution < 1.29 is 17.7 Å². The molecule has 0 aliphatic heterocycles. The molecule has 4 rings (SSSR count). The van der Waals surface area contributed by atoms with E-state index >= 15 is 0 Å². The van der Waals surface area contributed by atoms with Crippen LogP contribution in [0, 0.1) is 20.8 Å². The molecular formula is C22H20N4O4S2. The summed E-state index contributed by atoms with van der Waals surface area (Å²) >= 11 is 1.31. The normalized spacial score (nSPS) is 11.3. The molecule has 2 N–H and O–H groups in total. The van der Waals surface area contributed by atoms with Crippen LogP contribution in [0.15, 0.2) is 64.0 Å². The van der Waals surface area contributed by atoms with E-state index in [0.717, 1.165) is 10.6 Å². The third-order valence-corrected chi connectivity index (χ3v) is 7.38. The fourth-order valence-electron chi connectivity index (χ4n) is 2.91. The van der Waals surface area contributed by atoms with Gasteiger partial charge in [0.15, 0.2) is 0 Å². The number of nitrogens with zero attached hydrogens (tertiary/aromatic N) is 2. The summed E-state index contributed by atoms with van der Waals surface area (Å²) in [6.45, 7) is 5.22. The number of hydrogen-bond acceptors (Lipinski definition) is 7. The Morgan fingerprint density at radius 3 is 2.28 bits per heavy atom. The molecule has 10 heteroatoms. The Morgan fingerprint density at radius 1 is 0.969 bits per heavy atom. The number of carbonyl (C=O) groups is 1. The molecule has 1 amide bonds. The first-order valence-electron chi connectivity index (χ1n) is 9.64. The van der Waals surface area contributed by atoms with Crippen molar-refractivity contribution in [2.24, 2.45) is 0 Å². The highest BCUT2D eigenvalue weighted by Crippen LogP contribution is 2.28. The molecule has 0 aliphatic carbocycles. The van der Waals surface area contributed by atoms with Gasteiger partial charge in [0.2, 0.25) is 5.88 Å². The Labute approximate surface area is 189 Å². The zero-order valence-corrected chi connectivity index (χ0v) is 19.2. The Bertz CT molecular complexity index is 1380. The van der Waals surface area contributed by atoms with Gasteiger partial charge < -0.3 is 9.84 Å². The Hall–Kier alpha value is -3.50. The van der Waals surface area contributed by atoms with Gasteiger partial charge in [-0.25, -0.2) is 18.1 Å². The summed E-state index contributed by atoms with van der Waals surface area (Å²) < 4.78 is 32.6. The molecule has 0 unspecified atom stereocenters. The van der Waals surface area contributed by atoms with Crippen molar-refractivity contribution in [2.45, 2.75) is 25.7 Å². The number of carbonyl (C=O) groups excluding carboxylic acids is 1. The summed E-state index contributed by atoms with van der Waals surface area (Å²) in [6, 6.07) is 15.5. The lowest BCUT2D eigenvalue weighted by atomic mass is 10.2. The van der Waals surface area contributed by atoms with Crippen LogP contribution in [0.3, 0.4) is 0 Å². The molecule has 0 atom stereocenters. The van der Waals surface area contributed by atoms with Gasteiger partial charge in [0.05, 0.1) is 16.3 Å². The molecule has 0 radical (unpaired) electrons. The van der Waals surface area contributed by atoms with Gasteiger partial charge in [-0.05, 0) is 45.0 Å². The van der Waals surface area contributed by atoms with Crippen LogP contribution < -0.4 is 10.0 Å². The van der Waals surface area contributed by atoms with Crippen molar-refractivity contribution in [3.8, 4) is 10.6 Å². The molecule has 0 bridgehead atoms. The van der Waals surface area contributed by atoms with Gasteiger partial charge in [0.25, 0.3) is 15.9 Å². The predicted octanol–water partition coefficient (Wildman–Crippen LogP) is 4.78. The number of hydrogen-bond donors (Lipinski definition) is 2. The van der Waals surface area contributed by atoms with E-state index in [1.54, 1.807) is 20.8 Å². The number of nitrogens with one attached hydrogen (secondary N) is 2. The topological polar surface area (TPSA) is 114 Å². The number of aromatic nitrogens is 2. The molecule has 0 fully saturated rings. The molecule has 2 aromatic heterocycles. The number of aryl methyl sites for hydroxylation is 2. The molecule has 0 saturated heterocycles. The van der Waals surface area contributed by atoms with Crippen LogP contribution in [0.2, 0.25) is 0 Å². The first-order valence-corrected chi connectivity index (χ1v) is 11.9. The van der Waals surface area contributed by atoms with E-state index < -0.39 is 10.0 Å². The lowest BCUT2D eigenvalue weighted by Gasteiger charge is -2.08. The summed E-state index contributed by atoms with van der Waals surface area (Å²) in [6.07, 6.45) is 0. The van der Waals surface area contributed by atoms with E-state index in [1.807, 2.05) is 30.3 Å². The number of rotatable bonds is 6. The number of anilines is 2. The average Bonchev–Trinajstić information content (AvgIpc) is 3.32. The third-order valence-electron chi connectivity index (χ3n) is 4.83. The highest BCUT2D eigenvalue weighted by atomic mass is 32.2. The first kappa shape index (κ1) is 21.7. The highest BCUT2D eigenvalue weighted by molar-refractivity contribution is 7.92. The van der Waals surface area contributed by atoms with E-state index in [4.69, 9.17) is 4.52 Å². The van der Waals surface area contributed by atoms with Crippen molar-refractivity contribution in [3.05, 3.63) is 76.4 Å². The van der Waals surface area contributed by atoms with Crippen LogP contribution in [0.4, 0.5) is 11.6 Å². The molecule has 32 heavy (non-hydrogen) atoms. The van der Waals surface area contributed by atoms with E-state index in [1.165, 1.54) is 35.6 Å². The second-order valence-electron chi connectivity index (χ2n) is 7.11. The quantitative estimate of drug-likeness (QED) is 0.421. The van der Waals surface area contributed by atoms with Gasteiger partial charge >= 0.3 is 0 Å². The molecular weight excluding hydrogens is 448 g/mol. The Morgan fingerprint density at radius 2 is 1.66 bits per heavy atom. The summed E-state index contributed by atoms with van der Waals surface area (Å²) in [4.78, 5) is 17.8.